The molecular weight excluding hydrogens is 273 g/mol. The van der Waals surface area contributed by atoms with Gasteiger partial charge in [0, 0.05) is 12.6 Å². The van der Waals surface area contributed by atoms with Crippen LogP contribution in [-0.2, 0) is 6.42 Å². The van der Waals surface area contributed by atoms with Gasteiger partial charge in [0.2, 0.25) is 0 Å². The molecule has 5 nitrogen and oxygen atoms in total. The Balaban J connectivity index is 2.04. The van der Waals surface area contributed by atoms with E-state index in [4.69, 9.17) is 5.26 Å². The van der Waals surface area contributed by atoms with Crippen LogP contribution in [0, 0.1) is 27.3 Å². The maximum atomic E-state index is 12.8. The van der Waals surface area contributed by atoms with Crippen LogP contribution in [0.3, 0.4) is 0 Å². The maximum absolute atomic E-state index is 12.8. The summed E-state index contributed by atoms with van der Waals surface area (Å²) in [5, 5.41) is 22.7. The van der Waals surface area contributed by atoms with Crippen LogP contribution in [0.5, 0.6) is 0 Å². The maximum Gasteiger partial charge on any atom is 0.293 e. The second-order valence-corrected chi connectivity index (χ2v) is 4.40. The van der Waals surface area contributed by atoms with Gasteiger partial charge in [0.15, 0.2) is 0 Å². The molecule has 0 amide bonds. The predicted octanol–water partition coefficient (Wildman–Crippen LogP) is 3.26. The second-order valence-electron chi connectivity index (χ2n) is 4.40. The molecule has 0 saturated heterocycles. The van der Waals surface area contributed by atoms with Crippen molar-refractivity contribution in [2.75, 3.05) is 11.9 Å². The van der Waals surface area contributed by atoms with Gasteiger partial charge in [0.25, 0.3) is 5.69 Å². The van der Waals surface area contributed by atoms with Crippen LogP contribution in [0.15, 0.2) is 42.5 Å². The smallest absolute Gasteiger partial charge is 0.293 e. The number of hydrogen-bond acceptors (Lipinski definition) is 4. The van der Waals surface area contributed by atoms with Gasteiger partial charge >= 0.3 is 0 Å². The number of nitriles is 1. The van der Waals surface area contributed by atoms with Crippen molar-refractivity contribution < 1.29 is 9.31 Å². The molecule has 0 heterocycles. The van der Waals surface area contributed by atoms with Crippen molar-refractivity contribution in [2.45, 2.75) is 6.42 Å². The number of nitro groups is 1. The third-order valence-corrected chi connectivity index (χ3v) is 2.97. The lowest BCUT2D eigenvalue weighted by atomic mass is 10.1. The number of halogens is 1. The van der Waals surface area contributed by atoms with Gasteiger partial charge in [0.1, 0.15) is 11.5 Å². The summed E-state index contributed by atoms with van der Waals surface area (Å²) in [7, 11) is 0. The monoisotopic (exact) mass is 285 g/mol. The summed E-state index contributed by atoms with van der Waals surface area (Å²) in [6.45, 7) is 0.471. The van der Waals surface area contributed by atoms with Crippen LogP contribution in [-0.4, -0.2) is 11.5 Å². The average Bonchev–Trinajstić information content (AvgIpc) is 2.49. The zero-order valence-electron chi connectivity index (χ0n) is 11.0. The van der Waals surface area contributed by atoms with Gasteiger partial charge in [-0.1, -0.05) is 12.1 Å². The normalized spacial score (nSPS) is 9.90. The Morgan fingerprint density at radius 2 is 1.95 bits per heavy atom. The molecule has 6 heteroatoms. The standard InChI is InChI=1S/C15H12FN3O2/c16-13-4-1-11(2-5-13)7-8-18-14-6-3-12(10-17)9-15(14)19(20)21/h1-6,9,18H,7-8H2. The van der Waals surface area contributed by atoms with Crippen molar-refractivity contribution in [3.8, 4) is 6.07 Å². The Morgan fingerprint density at radius 3 is 2.57 bits per heavy atom. The molecule has 1 N–H and O–H groups in total. The first kappa shape index (κ1) is 14.5. The molecule has 0 fully saturated rings. The molecule has 106 valence electrons. The van der Waals surface area contributed by atoms with Crippen LogP contribution < -0.4 is 5.32 Å². The van der Waals surface area contributed by atoms with E-state index in [2.05, 4.69) is 5.32 Å². The number of rotatable bonds is 5. The minimum Gasteiger partial charge on any atom is -0.379 e. The van der Waals surface area contributed by atoms with Crippen molar-refractivity contribution in [2.24, 2.45) is 0 Å². The minimum absolute atomic E-state index is 0.131. The average molecular weight is 285 g/mol. The molecular formula is C15H12FN3O2. The first-order valence-electron chi connectivity index (χ1n) is 6.27. The molecule has 0 atom stereocenters. The summed E-state index contributed by atoms with van der Waals surface area (Å²) < 4.78 is 12.8. The molecule has 0 bridgehead atoms. The number of hydrogen-bond donors (Lipinski definition) is 1. The number of benzene rings is 2. The lowest BCUT2D eigenvalue weighted by molar-refractivity contribution is -0.384. The van der Waals surface area contributed by atoms with E-state index >= 15 is 0 Å². The quantitative estimate of drug-likeness (QED) is 0.675. The van der Waals surface area contributed by atoms with Crippen molar-refractivity contribution in [3.63, 3.8) is 0 Å². The Kier molecular flexibility index (Phi) is 4.46. The zero-order chi connectivity index (χ0) is 15.2. The molecule has 0 aliphatic carbocycles. The number of nitro benzene ring substituents is 1. The summed E-state index contributed by atoms with van der Waals surface area (Å²) in [4.78, 5) is 10.4. The fraction of sp³-hybridized carbons (Fsp3) is 0.133. The molecule has 0 aromatic heterocycles. The SMILES string of the molecule is N#Cc1ccc(NCCc2ccc(F)cc2)c([N+](=O)[O-])c1. The fourth-order valence-electron chi connectivity index (χ4n) is 1.89. The molecule has 2 aromatic rings. The topological polar surface area (TPSA) is 79.0 Å². The first-order chi connectivity index (χ1) is 10.1. The van der Waals surface area contributed by atoms with Crippen LogP contribution in [0.25, 0.3) is 0 Å². The van der Waals surface area contributed by atoms with E-state index < -0.39 is 4.92 Å². The highest BCUT2D eigenvalue weighted by Gasteiger charge is 2.14. The van der Waals surface area contributed by atoms with Crippen molar-refractivity contribution in [1.82, 2.24) is 0 Å². The highest BCUT2D eigenvalue weighted by atomic mass is 19.1. The Morgan fingerprint density at radius 1 is 1.24 bits per heavy atom. The fourth-order valence-corrected chi connectivity index (χ4v) is 1.89. The summed E-state index contributed by atoms with van der Waals surface area (Å²) in [6.07, 6.45) is 0.609. The van der Waals surface area contributed by atoms with Gasteiger partial charge in [-0.05, 0) is 36.2 Å². The van der Waals surface area contributed by atoms with E-state index in [1.807, 2.05) is 6.07 Å². The molecule has 0 spiro atoms. The lowest BCUT2D eigenvalue weighted by Crippen LogP contribution is -2.07. The molecule has 0 unspecified atom stereocenters. The van der Waals surface area contributed by atoms with Crippen LogP contribution in [0.1, 0.15) is 11.1 Å². The van der Waals surface area contributed by atoms with Crippen molar-refractivity contribution >= 4 is 11.4 Å². The van der Waals surface area contributed by atoms with Gasteiger partial charge < -0.3 is 5.32 Å². The molecule has 2 aromatic carbocycles. The zero-order valence-corrected chi connectivity index (χ0v) is 11.0. The van der Waals surface area contributed by atoms with E-state index in [0.717, 1.165) is 5.56 Å². The first-order valence-corrected chi connectivity index (χ1v) is 6.27. The molecule has 0 aliphatic rings. The Labute approximate surface area is 120 Å². The van der Waals surface area contributed by atoms with Crippen molar-refractivity contribution in [3.05, 3.63) is 69.5 Å². The van der Waals surface area contributed by atoms with E-state index in [9.17, 15) is 14.5 Å². The second kappa shape index (κ2) is 6.48. The van der Waals surface area contributed by atoms with E-state index in [1.165, 1.54) is 30.3 Å². The molecule has 0 aliphatic heterocycles. The summed E-state index contributed by atoms with van der Waals surface area (Å²) in [6, 6.07) is 12.2. The largest absolute Gasteiger partial charge is 0.379 e. The highest BCUT2D eigenvalue weighted by Crippen LogP contribution is 2.25. The number of nitrogens with zero attached hydrogens (tertiary/aromatic N) is 2. The summed E-state index contributed by atoms with van der Waals surface area (Å²) >= 11 is 0. The van der Waals surface area contributed by atoms with Gasteiger partial charge in [-0.3, -0.25) is 10.1 Å². The van der Waals surface area contributed by atoms with Gasteiger partial charge in [-0.25, -0.2) is 4.39 Å². The minimum atomic E-state index is -0.527. The number of anilines is 1. The van der Waals surface area contributed by atoms with E-state index in [-0.39, 0.29) is 17.1 Å². The van der Waals surface area contributed by atoms with Crippen LogP contribution in [0.4, 0.5) is 15.8 Å². The number of nitrogens with one attached hydrogen (secondary N) is 1. The lowest BCUT2D eigenvalue weighted by Gasteiger charge is -2.07. The van der Waals surface area contributed by atoms with Gasteiger partial charge in [0.05, 0.1) is 16.6 Å². The third kappa shape index (κ3) is 3.76. The molecule has 2 rings (SSSR count). The third-order valence-electron chi connectivity index (χ3n) is 2.97. The van der Waals surface area contributed by atoms with Crippen molar-refractivity contribution in [1.29, 1.82) is 5.26 Å². The van der Waals surface area contributed by atoms with Crippen LogP contribution in [0.2, 0.25) is 0 Å². The van der Waals surface area contributed by atoms with E-state index in [1.54, 1.807) is 12.1 Å². The summed E-state index contributed by atoms with van der Waals surface area (Å²) in [5.74, 6) is -0.297. The Hall–Kier alpha value is -2.94. The highest BCUT2D eigenvalue weighted by molar-refractivity contribution is 5.64. The van der Waals surface area contributed by atoms with Gasteiger partial charge in [-0.2, -0.15) is 5.26 Å². The molecule has 0 radical (unpaired) electrons. The van der Waals surface area contributed by atoms with Gasteiger partial charge in [-0.15, -0.1) is 0 Å². The summed E-state index contributed by atoms with van der Waals surface area (Å²) in [5.41, 5.74) is 1.40. The molecule has 0 saturated carbocycles. The van der Waals surface area contributed by atoms with E-state index in [0.29, 0.717) is 18.7 Å². The Bertz CT molecular complexity index is 693. The molecule has 21 heavy (non-hydrogen) atoms. The van der Waals surface area contributed by atoms with Crippen LogP contribution >= 0.6 is 0 Å². The predicted molar refractivity (Wildman–Crippen MR) is 76.4 cm³/mol.